The third kappa shape index (κ3) is 2.47. The highest BCUT2D eigenvalue weighted by Crippen LogP contribution is 2.50. The molecule has 1 N–H and O–H groups in total. The van der Waals surface area contributed by atoms with Crippen molar-refractivity contribution in [2.24, 2.45) is 17.8 Å². The first-order chi connectivity index (χ1) is 10.2. The van der Waals surface area contributed by atoms with Gasteiger partial charge < -0.3 is 10.1 Å². The van der Waals surface area contributed by atoms with Crippen molar-refractivity contribution in [3.63, 3.8) is 0 Å². The zero-order valence-electron chi connectivity index (χ0n) is 12.7. The molecule has 2 fully saturated rings. The Morgan fingerprint density at radius 2 is 2.24 bits per heavy atom. The zero-order valence-corrected chi connectivity index (χ0v) is 13.5. The molecule has 0 aromatic heterocycles. The Morgan fingerprint density at radius 1 is 1.33 bits per heavy atom. The second kappa shape index (κ2) is 5.48. The van der Waals surface area contributed by atoms with Crippen molar-refractivity contribution in [1.29, 1.82) is 0 Å². The van der Waals surface area contributed by atoms with E-state index in [0.29, 0.717) is 6.04 Å². The molecule has 1 aliphatic heterocycles. The van der Waals surface area contributed by atoms with Gasteiger partial charge in [-0.3, -0.25) is 0 Å². The van der Waals surface area contributed by atoms with Gasteiger partial charge in [-0.1, -0.05) is 18.0 Å². The largest absolute Gasteiger partial charge is 0.493 e. The van der Waals surface area contributed by atoms with Gasteiger partial charge in [-0.15, -0.1) is 0 Å². The molecule has 4 unspecified atom stereocenters. The molecule has 114 valence electrons. The fourth-order valence-electron chi connectivity index (χ4n) is 4.99. The highest BCUT2D eigenvalue weighted by Gasteiger charge is 2.42. The number of ether oxygens (including phenoxy) is 1. The molecule has 1 heterocycles. The number of benzene rings is 1. The molecule has 1 aromatic rings. The van der Waals surface area contributed by atoms with E-state index >= 15 is 0 Å². The van der Waals surface area contributed by atoms with Crippen LogP contribution in [-0.4, -0.2) is 19.7 Å². The van der Waals surface area contributed by atoms with Gasteiger partial charge in [0.2, 0.25) is 0 Å². The Balaban J connectivity index is 1.57. The van der Waals surface area contributed by atoms with Crippen LogP contribution in [0.2, 0.25) is 5.02 Å². The molecule has 2 saturated carbocycles. The average Bonchev–Trinajstić information content (AvgIpc) is 3.19. The van der Waals surface area contributed by atoms with Crippen LogP contribution in [0.1, 0.15) is 36.8 Å². The first-order valence-electron chi connectivity index (χ1n) is 8.36. The first-order valence-corrected chi connectivity index (χ1v) is 8.73. The monoisotopic (exact) mass is 305 g/mol. The van der Waals surface area contributed by atoms with Crippen LogP contribution in [-0.2, 0) is 12.8 Å². The van der Waals surface area contributed by atoms with Crippen molar-refractivity contribution in [1.82, 2.24) is 5.32 Å². The Hall–Kier alpha value is -0.730. The van der Waals surface area contributed by atoms with Gasteiger partial charge in [0.25, 0.3) is 0 Å². The molecule has 2 nitrogen and oxygen atoms in total. The number of nitrogens with one attached hydrogen (secondary N) is 1. The average molecular weight is 306 g/mol. The zero-order chi connectivity index (χ0) is 14.4. The summed E-state index contributed by atoms with van der Waals surface area (Å²) in [6.07, 6.45) is 7.84. The third-order valence-electron chi connectivity index (χ3n) is 5.95. The molecule has 1 aromatic carbocycles. The topological polar surface area (TPSA) is 21.3 Å². The number of halogens is 1. The van der Waals surface area contributed by atoms with Gasteiger partial charge in [0.15, 0.2) is 0 Å². The number of rotatable bonds is 4. The lowest BCUT2D eigenvalue weighted by Crippen LogP contribution is -2.38. The van der Waals surface area contributed by atoms with E-state index < -0.39 is 0 Å². The molecular formula is C18H24ClNO. The minimum absolute atomic E-state index is 0.562. The minimum Gasteiger partial charge on any atom is -0.493 e. The van der Waals surface area contributed by atoms with Gasteiger partial charge in [-0.2, -0.15) is 0 Å². The van der Waals surface area contributed by atoms with Crippen LogP contribution in [0, 0.1) is 17.8 Å². The summed E-state index contributed by atoms with van der Waals surface area (Å²) < 4.78 is 5.87. The van der Waals surface area contributed by atoms with Gasteiger partial charge >= 0.3 is 0 Å². The first kappa shape index (κ1) is 13.9. The molecule has 21 heavy (non-hydrogen) atoms. The van der Waals surface area contributed by atoms with E-state index in [0.717, 1.165) is 48.0 Å². The minimum atomic E-state index is 0.562. The maximum Gasteiger partial charge on any atom is 0.125 e. The summed E-state index contributed by atoms with van der Waals surface area (Å²) in [5.41, 5.74) is 2.59. The summed E-state index contributed by atoms with van der Waals surface area (Å²) in [5.74, 6) is 3.89. The van der Waals surface area contributed by atoms with E-state index in [1.54, 1.807) is 0 Å². The van der Waals surface area contributed by atoms with E-state index in [4.69, 9.17) is 16.3 Å². The van der Waals surface area contributed by atoms with Gasteiger partial charge in [0, 0.05) is 17.5 Å². The fraction of sp³-hybridized carbons (Fsp3) is 0.667. The number of hydrogen-bond donors (Lipinski definition) is 1. The van der Waals surface area contributed by atoms with Crippen LogP contribution < -0.4 is 10.1 Å². The van der Waals surface area contributed by atoms with Crippen LogP contribution in [0.25, 0.3) is 0 Å². The van der Waals surface area contributed by atoms with Gasteiger partial charge in [0.05, 0.1) is 6.61 Å². The Morgan fingerprint density at radius 3 is 2.95 bits per heavy atom. The maximum absolute atomic E-state index is 6.30. The molecule has 3 aliphatic rings. The van der Waals surface area contributed by atoms with E-state index in [9.17, 15) is 0 Å². The van der Waals surface area contributed by atoms with Gasteiger partial charge in [-0.05, 0) is 73.7 Å². The van der Waals surface area contributed by atoms with Crippen LogP contribution in [0.5, 0.6) is 5.75 Å². The Bertz CT molecular complexity index is 544. The van der Waals surface area contributed by atoms with E-state index in [1.165, 1.54) is 36.8 Å². The lowest BCUT2D eigenvalue weighted by Gasteiger charge is -2.31. The molecule has 0 radical (unpaired) electrons. The number of likely N-dealkylation sites (N-methyl/N-ethyl adjacent to an activating group) is 1. The lowest BCUT2D eigenvalue weighted by atomic mass is 9.81. The second-order valence-electron chi connectivity index (χ2n) is 7.09. The highest BCUT2D eigenvalue weighted by atomic mass is 35.5. The third-order valence-corrected chi connectivity index (χ3v) is 6.16. The number of fused-ring (bicyclic) bond motifs is 3. The summed E-state index contributed by atoms with van der Waals surface area (Å²) in [4.78, 5) is 0. The van der Waals surface area contributed by atoms with Crippen molar-refractivity contribution in [2.75, 3.05) is 13.7 Å². The maximum atomic E-state index is 6.30. The van der Waals surface area contributed by atoms with Gasteiger partial charge in [0.1, 0.15) is 5.75 Å². The molecule has 4 rings (SSSR count). The van der Waals surface area contributed by atoms with E-state index in [2.05, 4.69) is 24.5 Å². The fourth-order valence-corrected chi connectivity index (χ4v) is 5.25. The molecule has 4 atom stereocenters. The van der Waals surface area contributed by atoms with E-state index in [1.807, 2.05) is 0 Å². The molecule has 0 saturated heterocycles. The van der Waals surface area contributed by atoms with Crippen molar-refractivity contribution >= 4 is 11.6 Å². The van der Waals surface area contributed by atoms with Crippen molar-refractivity contribution in [3.05, 3.63) is 28.3 Å². The van der Waals surface area contributed by atoms with Crippen LogP contribution in [0.15, 0.2) is 12.1 Å². The lowest BCUT2D eigenvalue weighted by molar-refractivity contribution is 0.253. The normalized spacial score (nSPS) is 31.2. The van der Waals surface area contributed by atoms with Crippen LogP contribution in [0.3, 0.4) is 0 Å². The summed E-state index contributed by atoms with van der Waals surface area (Å²) in [6, 6.07) is 4.75. The molecule has 0 amide bonds. The molecular weight excluding hydrogens is 282 g/mol. The second-order valence-corrected chi connectivity index (χ2v) is 7.53. The smallest absolute Gasteiger partial charge is 0.125 e. The predicted octanol–water partition coefficient (Wildman–Crippen LogP) is 3.84. The summed E-state index contributed by atoms with van der Waals surface area (Å²) in [7, 11) is 2.11. The van der Waals surface area contributed by atoms with Crippen LogP contribution in [0.4, 0.5) is 0 Å². The number of hydrogen-bond acceptors (Lipinski definition) is 2. The molecule has 2 aliphatic carbocycles. The molecule has 2 bridgehead atoms. The standard InChI is InChI=1S/C18H24ClNO/c1-20-17(16-7-11-2-3-12(16)6-11)10-14-9-15(19)8-13-4-5-21-18(13)14/h8-9,11-12,16-17,20H,2-7,10H2,1H3. The Kier molecular flexibility index (Phi) is 3.63. The van der Waals surface area contributed by atoms with Crippen molar-refractivity contribution < 1.29 is 4.74 Å². The SMILES string of the molecule is CNC(Cc1cc(Cl)cc2c1OCC2)C1CC2CCC1C2. The molecule has 3 heteroatoms. The summed E-state index contributed by atoms with van der Waals surface area (Å²) in [6.45, 7) is 0.807. The quantitative estimate of drug-likeness (QED) is 0.912. The van der Waals surface area contributed by atoms with Crippen LogP contribution >= 0.6 is 11.6 Å². The van der Waals surface area contributed by atoms with Crippen molar-refractivity contribution in [3.8, 4) is 5.75 Å². The predicted molar refractivity (Wildman–Crippen MR) is 86.1 cm³/mol. The summed E-state index contributed by atoms with van der Waals surface area (Å²) >= 11 is 6.30. The molecule has 0 spiro atoms. The Labute approximate surface area is 132 Å². The van der Waals surface area contributed by atoms with E-state index in [-0.39, 0.29) is 0 Å². The van der Waals surface area contributed by atoms with Gasteiger partial charge in [-0.25, -0.2) is 0 Å². The van der Waals surface area contributed by atoms with Crippen molar-refractivity contribution in [2.45, 2.75) is 44.6 Å². The highest BCUT2D eigenvalue weighted by molar-refractivity contribution is 6.30. The summed E-state index contributed by atoms with van der Waals surface area (Å²) in [5, 5.41) is 4.45.